The summed E-state index contributed by atoms with van der Waals surface area (Å²) in [5.41, 5.74) is 1.41. The molecule has 0 saturated carbocycles. The monoisotopic (exact) mass is 269 g/mol. The lowest BCUT2D eigenvalue weighted by Gasteiger charge is -2.22. The van der Waals surface area contributed by atoms with Crippen molar-refractivity contribution in [2.45, 2.75) is 46.0 Å². The summed E-state index contributed by atoms with van der Waals surface area (Å²) >= 11 is 0. The van der Waals surface area contributed by atoms with Crippen LogP contribution in [-0.4, -0.2) is 12.4 Å². The molecule has 0 radical (unpaired) electrons. The van der Waals surface area contributed by atoms with E-state index in [0.717, 1.165) is 12.6 Å². The van der Waals surface area contributed by atoms with Crippen molar-refractivity contribution in [2.75, 3.05) is 0 Å². The summed E-state index contributed by atoms with van der Waals surface area (Å²) in [4.78, 5) is 8.89. The van der Waals surface area contributed by atoms with E-state index >= 15 is 0 Å². The van der Waals surface area contributed by atoms with Gasteiger partial charge in [-0.15, -0.1) is 0 Å². The van der Waals surface area contributed by atoms with Crippen molar-refractivity contribution in [3.8, 4) is 0 Å². The number of benzene rings is 1. The van der Waals surface area contributed by atoms with Gasteiger partial charge in [-0.2, -0.15) is 0 Å². The highest BCUT2D eigenvalue weighted by atomic mass is 15.0. The standard InChI is InChI=1S/C18H25N2/c1-3-4-6-11-17(18-19-12-13-20-18)15(2)14-16-9-7-5-8-10-16/h5,7-10,12-13,15,17H,3-4,6,11,14H2,1-2H3/q+1. The fourth-order valence-electron chi connectivity index (χ4n) is 2.85. The Morgan fingerprint density at radius 1 is 1.05 bits per heavy atom. The third-order valence-corrected chi connectivity index (χ3v) is 4.02. The Labute approximate surface area is 123 Å². The number of hydrogen-bond donors (Lipinski definition) is 0. The minimum Gasteiger partial charge on any atom is -0.0965 e. The predicted octanol–water partition coefficient (Wildman–Crippen LogP) is 4.71. The first-order valence-electron chi connectivity index (χ1n) is 7.78. The predicted molar refractivity (Wildman–Crippen MR) is 87.2 cm³/mol. The molecule has 2 unspecified atom stereocenters. The number of aliphatic imine (C=N–C) groups is 2. The molecule has 0 fully saturated rings. The summed E-state index contributed by atoms with van der Waals surface area (Å²) in [6.07, 6.45) is 10.8. The van der Waals surface area contributed by atoms with E-state index in [2.05, 4.69) is 54.2 Å². The van der Waals surface area contributed by atoms with E-state index in [1.54, 1.807) is 0 Å². The van der Waals surface area contributed by atoms with Gasteiger partial charge in [0, 0.05) is 0 Å². The fourth-order valence-corrected chi connectivity index (χ4v) is 2.85. The molecule has 1 aliphatic heterocycles. The van der Waals surface area contributed by atoms with Crippen LogP contribution >= 0.6 is 0 Å². The molecular weight excluding hydrogens is 244 g/mol. The van der Waals surface area contributed by atoms with Gasteiger partial charge in [-0.1, -0.05) is 73.4 Å². The van der Waals surface area contributed by atoms with Gasteiger partial charge in [0.15, 0.2) is 12.4 Å². The van der Waals surface area contributed by atoms with E-state index in [4.69, 9.17) is 0 Å². The largest absolute Gasteiger partial charge is 0.244 e. The van der Waals surface area contributed by atoms with Crippen LogP contribution in [0, 0.1) is 18.0 Å². The summed E-state index contributed by atoms with van der Waals surface area (Å²) < 4.78 is 0. The lowest BCUT2D eigenvalue weighted by Crippen LogP contribution is -2.19. The number of nitrogens with zero attached hydrogens (tertiary/aromatic N) is 2. The van der Waals surface area contributed by atoms with Crippen LogP contribution < -0.4 is 0 Å². The van der Waals surface area contributed by atoms with Crippen LogP contribution in [0.15, 0.2) is 40.3 Å². The summed E-state index contributed by atoms with van der Waals surface area (Å²) in [5, 5.41) is 0. The van der Waals surface area contributed by atoms with Crippen LogP contribution in [0.5, 0.6) is 0 Å². The summed E-state index contributed by atoms with van der Waals surface area (Å²) in [6, 6.07) is 10.7. The maximum atomic E-state index is 4.45. The smallest absolute Gasteiger partial charge is 0.0965 e. The maximum absolute atomic E-state index is 4.45. The first kappa shape index (κ1) is 14.8. The van der Waals surface area contributed by atoms with Gasteiger partial charge >= 0.3 is 0 Å². The van der Waals surface area contributed by atoms with Crippen molar-refractivity contribution in [1.82, 2.24) is 0 Å². The van der Waals surface area contributed by atoms with Crippen molar-refractivity contribution in [3.05, 3.63) is 42.1 Å². The van der Waals surface area contributed by atoms with Crippen LogP contribution in [0.3, 0.4) is 0 Å². The summed E-state index contributed by atoms with van der Waals surface area (Å²) in [5.74, 6) is 1.06. The van der Waals surface area contributed by atoms with Gasteiger partial charge in [0.05, 0.1) is 5.92 Å². The van der Waals surface area contributed by atoms with E-state index in [0.29, 0.717) is 11.8 Å². The van der Waals surface area contributed by atoms with Crippen LogP contribution in [0.4, 0.5) is 0 Å². The summed E-state index contributed by atoms with van der Waals surface area (Å²) in [6.45, 7) is 4.58. The van der Waals surface area contributed by atoms with Gasteiger partial charge in [-0.3, -0.25) is 0 Å². The lowest BCUT2D eigenvalue weighted by atomic mass is 9.83. The first-order valence-corrected chi connectivity index (χ1v) is 7.78. The topological polar surface area (TPSA) is 24.7 Å². The minimum absolute atomic E-state index is 0.483. The maximum Gasteiger partial charge on any atom is 0.244 e. The molecule has 2 nitrogen and oxygen atoms in total. The quantitative estimate of drug-likeness (QED) is 0.482. The van der Waals surface area contributed by atoms with E-state index < -0.39 is 0 Å². The molecule has 1 aromatic carbocycles. The highest BCUT2D eigenvalue weighted by Gasteiger charge is 2.32. The second kappa shape index (κ2) is 7.88. The fraction of sp³-hybridized carbons (Fsp3) is 0.500. The van der Waals surface area contributed by atoms with Crippen molar-refractivity contribution in [1.29, 1.82) is 0 Å². The third-order valence-electron chi connectivity index (χ3n) is 4.02. The minimum atomic E-state index is 0.483. The zero-order valence-corrected chi connectivity index (χ0v) is 12.6. The van der Waals surface area contributed by atoms with Gasteiger partial charge < -0.3 is 0 Å². The van der Waals surface area contributed by atoms with Gasteiger partial charge in [-0.25, -0.2) is 0 Å². The average Bonchev–Trinajstić information content (AvgIpc) is 2.98. The Kier molecular flexibility index (Phi) is 5.85. The number of rotatable bonds is 8. The number of unbranched alkanes of at least 4 members (excludes halogenated alkanes) is 2. The second-order valence-electron chi connectivity index (χ2n) is 5.68. The third kappa shape index (κ3) is 4.22. The molecule has 2 rings (SSSR count). The molecule has 1 aliphatic rings. The van der Waals surface area contributed by atoms with Crippen LogP contribution in [0.25, 0.3) is 0 Å². The molecule has 20 heavy (non-hydrogen) atoms. The number of hydrogen-bond acceptors (Lipinski definition) is 2. The SMILES string of the molecule is CCCCCC([C+]1N=CC=N1)C(C)Cc1ccccc1. The average molecular weight is 269 g/mol. The Bertz CT molecular complexity index is 424. The van der Waals surface area contributed by atoms with Gasteiger partial charge in [0.25, 0.3) is 0 Å². The van der Waals surface area contributed by atoms with E-state index in [1.807, 2.05) is 12.4 Å². The van der Waals surface area contributed by atoms with Crippen LogP contribution in [0.2, 0.25) is 0 Å². The molecule has 2 heteroatoms. The molecule has 0 spiro atoms. The Balaban J connectivity index is 1.97. The highest BCUT2D eigenvalue weighted by molar-refractivity contribution is 6.18. The highest BCUT2D eigenvalue weighted by Crippen LogP contribution is 2.33. The van der Waals surface area contributed by atoms with Crippen molar-refractivity contribution in [3.63, 3.8) is 0 Å². The van der Waals surface area contributed by atoms with E-state index in [-0.39, 0.29) is 0 Å². The zero-order chi connectivity index (χ0) is 14.2. The first-order chi connectivity index (χ1) is 9.81. The second-order valence-corrected chi connectivity index (χ2v) is 5.68. The van der Waals surface area contributed by atoms with E-state index in [9.17, 15) is 0 Å². The van der Waals surface area contributed by atoms with Crippen LogP contribution in [-0.2, 0) is 6.42 Å². The normalized spacial score (nSPS) is 16.6. The van der Waals surface area contributed by atoms with Gasteiger partial charge in [-0.05, 0) is 24.3 Å². The molecule has 0 aliphatic carbocycles. The summed E-state index contributed by atoms with van der Waals surface area (Å²) in [7, 11) is 0. The van der Waals surface area contributed by atoms with E-state index in [1.165, 1.54) is 31.2 Å². The zero-order valence-electron chi connectivity index (χ0n) is 12.6. The van der Waals surface area contributed by atoms with Crippen molar-refractivity contribution in [2.24, 2.45) is 21.8 Å². The van der Waals surface area contributed by atoms with Gasteiger partial charge in [0.2, 0.25) is 6.17 Å². The molecule has 0 amide bonds. The Morgan fingerprint density at radius 2 is 1.75 bits per heavy atom. The Morgan fingerprint density at radius 3 is 2.40 bits per heavy atom. The molecule has 106 valence electrons. The molecule has 0 aromatic heterocycles. The van der Waals surface area contributed by atoms with Gasteiger partial charge in [0.1, 0.15) is 0 Å². The molecule has 0 bridgehead atoms. The molecule has 0 N–H and O–H groups in total. The van der Waals surface area contributed by atoms with Crippen molar-refractivity contribution < 1.29 is 0 Å². The van der Waals surface area contributed by atoms with Crippen LogP contribution in [0.1, 0.15) is 45.1 Å². The molecule has 1 heterocycles. The lowest BCUT2D eigenvalue weighted by molar-refractivity contribution is 0.332. The van der Waals surface area contributed by atoms with Crippen molar-refractivity contribution >= 4 is 12.4 Å². The molecule has 2 atom stereocenters. The molecule has 0 saturated heterocycles. The Hall–Kier alpha value is -1.57. The molecular formula is C18H25N2+. The molecule has 1 aromatic rings.